The molecule has 0 radical (unpaired) electrons. The minimum atomic E-state index is 1.08. The zero-order valence-electron chi connectivity index (χ0n) is 19.1. The van der Waals surface area contributed by atoms with Gasteiger partial charge in [0.2, 0.25) is 0 Å². The summed E-state index contributed by atoms with van der Waals surface area (Å²) in [6, 6.07) is 35.7. The van der Waals surface area contributed by atoms with E-state index in [1.807, 2.05) is 19.1 Å². The van der Waals surface area contributed by atoms with Crippen LogP contribution in [0.1, 0.15) is 10.0 Å². The van der Waals surface area contributed by atoms with Crippen LogP contribution in [0.2, 0.25) is 0 Å². The van der Waals surface area contributed by atoms with E-state index < -0.39 is 0 Å². The molecule has 34 heavy (non-hydrogen) atoms. The van der Waals surface area contributed by atoms with Crippen LogP contribution in [0.3, 0.4) is 0 Å². The maximum Gasteiger partial charge on any atom is 0.0908 e. The molecule has 0 N–H and O–H groups in total. The minimum absolute atomic E-state index is 1.08. The Morgan fingerprint density at radius 2 is 1.21 bits per heavy atom. The largest absolute Gasteiger partial charge is 0.242 e. The molecule has 6 rings (SSSR count). The van der Waals surface area contributed by atoms with Crippen molar-refractivity contribution < 1.29 is 0 Å². The number of aryl methyl sites for hydroxylation is 2. The van der Waals surface area contributed by atoms with Crippen molar-refractivity contribution in [2.45, 2.75) is 13.8 Å². The quantitative estimate of drug-likeness (QED) is 0.254. The maximum absolute atomic E-state index is 4.68. The highest BCUT2D eigenvalue weighted by atomic mass is 32.1. The van der Waals surface area contributed by atoms with Gasteiger partial charge in [0.05, 0.1) is 26.3 Å². The van der Waals surface area contributed by atoms with E-state index in [0.717, 1.165) is 21.4 Å². The number of thiazole rings is 2. The van der Waals surface area contributed by atoms with Crippen molar-refractivity contribution in [1.29, 1.82) is 0 Å². The van der Waals surface area contributed by atoms with Crippen molar-refractivity contribution in [1.82, 2.24) is 9.97 Å². The third kappa shape index (κ3) is 4.98. The number of hydrogen-bond acceptors (Lipinski definition) is 4. The number of benzene rings is 4. The molecule has 0 spiro atoms. The van der Waals surface area contributed by atoms with Gasteiger partial charge in [0.25, 0.3) is 0 Å². The van der Waals surface area contributed by atoms with E-state index in [2.05, 4.69) is 113 Å². The summed E-state index contributed by atoms with van der Waals surface area (Å²) in [6.07, 6.45) is 0. The summed E-state index contributed by atoms with van der Waals surface area (Å²) in [4.78, 5) is 10.4. The summed E-state index contributed by atoms with van der Waals surface area (Å²) in [6.45, 7) is 4.10. The van der Waals surface area contributed by atoms with Crippen molar-refractivity contribution in [2.75, 3.05) is 0 Å². The van der Waals surface area contributed by atoms with Crippen molar-refractivity contribution in [3.63, 3.8) is 0 Å². The summed E-state index contributed by atoms with van der Waals surface area (Å²) in [7, 11) is 0. The highest BCUT2D eigenvalue weighted by Crippen LogP contribution is 2.36. The highest BCUT2D eigenvalue weighted by molar-refractivity contribution is 7.15. The van der Waals surface area contributed by atoms with Gasteiger partial charge in [0.1, 0.15) is 0 Å². The van der Waals surface area contributed by atoms with Gasteiger partial charge in [-0.15, -0.1) is 22.7 Å². The van der Waals surface area contributed by atoms with Crippen LogP contribution in [-0.2, 0) is 0 Å². The van der Waals surface area contributed by atoms with Gasteiger partial charge in [-0.3, -0.25) is 0 Å². The molecule has 0 unspecified atom stereocenters. The molecule has 0 aliphatic carbocycles. The first kappa shape index (κ1) is 22.2. The van der Waals surface area contributed by atoms with E-state index in [1.165, 1.54) is 32.3 Å². The van der Waals surface area contributed by atoms with E-state index in [9.17, 15) is 0 Å². The van der Waals surface area contributed by atoms with Crippen LogP contribution >= 0.6 is 22.7 Å². The molecule has 0 saturated carbocycles. The number of fused-ring (bicyclic) bond motifs is 1. The van der Waals surface area contributed by atoms with Gasteiger partial charge in [0.15, 0.2) is 0 Å². The van der Waals surface area contributed by atoms with E-state index in [1.54, 1.807) is 22.7 Å². The Morgan fingerprint density at radius 3 is 1.88 bits per heavy atom. The number of nitrogens with zero attached hydrogens (tertiary/aromatic N) is 2. The van der Waals surface area contributed by atoms with Crippen molar-refractivity contribution >= 4 is 33.4 Å². The van der Waals surface area contributed by atoms with Crippen LogP contribution < -0.4 is 0 Å². The standard InChI is InChI=1S/C16H13NS.C14H11NS/c1-12-17-15(13-8-4-2-5-9-13)16(18-12)14-10-6-3-7-11-14;1-10-15-14(9-16-10)13-7-6-11-4-2-3-5-12(11)8-13/h2-11H,1H3;2-9H,1H3. The lowest BCUT2D eigenvalue weighted by Crippen LogP contribution is -1.81. The first-order valence-electron chi connectivity index (χ1n) is 11.2. The van der Waals surface area contributed by atoms with Gasteiger partial charge < -0.3 is 0 Å². The minimum Gasteiger partial charge on any atom is -0.242 e. The van der Waals surface area contributed by atoms with Gasteiger partial charge in [0, 0.05) is 16.5 Å². The zero-order chi connectivity index (χ0) is 23.3. The molecule has 0 bridgehead atoms. The van der Waals surface area contributed by atoms with Gasteiger partial charge in [-0.25, -0.2) is 9.97 Å². The topological polar surface area (TPSA) is 25.8 Å². The molecule has 0 saturated heterocycles. The SMILES string of the molecule is Cc1nc(-c2ccc3ccccc3c2)cs1.Cc1nc(-c2ccccc2)c(-c2ccccc2)s1. The molecule has 2 nitrogen and oxygen atoms in total. The molecule has 6 aromatic rings. The molecule has 4 aromatic carbocycles. The molecule has 0 atom stereocenters. The predicted molar refractivity (Wildman–Crippen MR) is 148 cm³/mol. The Balaban J connectivity index is 0.000000142. The molecule has 0 fully saturated rings. The number of hydrogen-bond donors (Lipinski definition) is 0. The van der Waals surface area contributed by atoms with Crippen LogP contribution in [0.5, 0.6) is 0 Å². The summed E-state index contributed by atoms with van der Waals surface area (Å²) in [5.41, 5.74) is 5.78. The molecule has 166 valence electrons. The second-order valence-electron chi connectivity index (χ2n) is 7.96. The van der Waals surface area contributed by atoms with E-state index in [0.29, 0.717) is 0 Å². The predicted octanol–water partition coefficient (Wildman–Crippen LogP) is 9.06. The van der Waals surface area contributed by atoms with Crippen LogP contribution in [0.15, 0.2) is 109 Å². The van der Waals surface area contributed by atoms with E-state index >= 15 is 0 Å². The van der Waals surface area contributed by atoms with E-state index in [-0.39, 0.29) is 0 Å². The number of aromatic nitrogens is 2. The Hall–Kier alpha value is -3.60. The molecule has 2 heterocycles. The molecular weight excluding hydrogens is 452 g/mol. The monoisotopic (exact) mass is 476 g/mol. The Labute approximate surface area is 208 Å². The summed E-state index contributed by atoms with van der Waals surface area (Å²) < 4.78 is 0. The first-order chi connectivity index (χ1) is 16.7. The number of rotatable bonds is 3. The van der Waals surface area contributed by atoms with Crippen molar-refractivity contribution in [2.24, 2.45) is 0 Å². The Morgan fingerprint density at radius 1 is 0.559 bits per heavy atom. The zero-order valence-corrected chi connectivity index (χ0v) is 20.7. The van der Waals surface area contributed by atoms with Gasteiger partial charge in [-0.1, -0.05) is 97.1 Å². The maximum atomic E-state index is 4.68. The second-order valence-corrected chi connectivity index (χ2v) is 10.2. The third-order valence-corrected chi connectivity index (χ3v) is 7.27. The Kier molecular flexibility index (Phi) is 6.61. The van der Waals surface area contributed by atoms with Crippen molar-refractivity contribution in [3.05, 3.63) is 119 Å². The first-order valence-corrected chi connectivity index (χ1v) is 12.9. The van der Waals surface area contributed by atoms with Crippen LogP contribution in [0, 0.1) is 13.8 Å². The lowest BCUT2D eigenvalue weighted by molar-refractivity contribution is 1.30. The molecule has 0 aliphatic heterocycles. The van der Waals surface area contributed by atoms with Gasteiger partial charge in [-0.05, 0) is 36.2 Å². The fraction of sp³-hybridized carbons (Fsp3) is 0.0667. The normalized spacial score (nSPS) is 10.6. The fourth-order valence-electron chi connectivity index (χ4n) is 3.85. The van der Waals surface area contributed by atoms with Crippen LogP contribution in [0.25, 0.3) is 43.7 Å². The van der Waals surface area contributed by atoms with Gasteiger partial charge in [-0.2, -0.15) is 0 Å². The van der Waals surface area contributed by atoms with E-state index in [4.69, 9.17) is 0 Å². The third-order valence-electron chi connectivity index (χ3n) is 5.48. The Bertz CT molecular complexity index is 1460. The average molecular weight is 477 g/mol. The lowest BCUT2D eigenvalue weighted by Gasteiger charge is -2.02. The molecule has 2 aromatic heterocycles. The molecule has 0 amide bonds. The van der Waals surface area contributed by atoms with Crippen molar-refractivity contribution in [3.8, 4) is 33.0 Å². The molecular formula is C30H24N2S2. The highest BCUT2D eigenvalue weighted by Gasteiger charge is 2.12. The summed E-state index contributed by atoms with van der Waals surface area (Å²) in [5, 5.41) is 6.87. The van der Waals surface area contributed by atoms with Crippen LogP contribution in [0.4, 0.5) is 0 Å². The average Bonchev–Trinajstić information content (AvgIpc) is 3.51. The van der Waals surface area contributed by atoms with Crippen LogP contribution in [-0.4, -0.2) is 9.97 Å². The smallest absolute Gasteiger partial charge is 0.0908 e. The summed E-state index contributed by atoms with van der Waals surface area (Å²) >= 11 is 3.44. The fourth-order valence-corrected chi connectivity index (χ4v) is 5.42. The molecule has 0 aliphatic rings. The molecule has 4 heteroatoms. The summed E-state index contributed by atoms with van der Waals surface area (Å²) in [5.74, 6) is 0. The lowest BCUT2D eigenvalue weighted by atomic mass is 10.1. The second kappa shape index (κ2) is 10.1. The van der Waals surface area contributed by atoms with Gasteiger partial charge >= 0.3 is 0 Å².